The van der Waals surface area contributed by atoms with E-state index in [1.165, 1.54) is 12.8 Å². The molecule has 2 unspecified atom stereocenters. The van der Waals surface area contributed by atoms with Crippen molar-refractivity contribution in [2.75, 3.05) is 19.8 Å². The van der Waals surface area contributed by atoms with Gasteiger partial charge < -0.3 is 20.3 Å². The second kappa shape index (κ2) is 7.17. The fourth-order valence-corrected chi connectivity index (χ4v) is 1.76. The molecule has 0 bridgehead atoms. The van der Waals surface area contributed by atoms with Crippen molar-refractivity contribution in [1.29, 1.82) is 0 Å². The number of ether oxygens (including phenoxy) is 1. The molecule has 0 aliphatic heterocycles. The average molecular weight is 217 g/mol. The molecule has 0 heterocycles. The first-order valence-electron chi connectivity index (χ1n) is 5.86. The van der Waals surface area contributed by atoms with Crippen LogP contribution in [0.4, 0.5) is 0 Å². The number of aliphatic hydroxyl groups is 2. The minimum Gasteiger partial charge on any atom is -0.395 e. The Balaban J connectivity index is 1.99. The fourth-order valence-electron chi connectivity index (χ4n) is 1.76. The molecular weight excluding hydrogens is 194 g/mol. The second-order valence-electron chi connectivity index (χ2n) is 4.39. The van der Waals surface area contributed by atoms with E-state index in [1.54, 1.807) is 0 Å². The molecule has 0 aromatic carbocycles. The molecule has 0 spiro atoms. The lowest BCUT2D eigenvalue weighted by atomic mass is 10.3. The molecule has 4 nitrogen and oxygen atoms in total. The molecular formula is C11H23NO3. The minimum absolute atomic E-state index is 0.0335. The lowest BCUT2D eigenvalue weighted by molar-refractivity contribution is -0.00657. The van der Waals surface area contributed by atoms with Crippen LogP contribution in [-0.4, -0.2) is 48.2 Å². The van der Waals surface area contributed by atoms with Crippen LogP contribution in [0.25, 0.3) is 0 Å². The Labute approximate surface area is 91.6 Å². The summed E-state index contributed by atoms with van der Waals surface area (Å²) >= 11 is 0. The van der Waals surface area contributed by atoms with Crippen molar-refractivity contribution in [2.45, 2.75) is 50.9 Å². The molecule has 1 fully saturated rings. The highest BCUT2D eigenvalue weighted by Crippen LogP contribution is 2.20. The molecule has 15 heavy (non-hydrogen) atoms. The molecule has 1 saturated carbocycles. The van der Waals surface area contributed by atoms with Crippen LogP contribution >= 0.6 is 0 Å². The quantitative estimate of drug-likeness (QED) is 0.573. The van der Waals surface area contributed by atoms with Crippen molar-refractivity contribution in [1.82, 2.24) is 5.32 Å². The smallest absolute Gasteiger partial charge is 0.0897 e. The standard InChI is InChI=1S/C11H23NO3/c1-9(7-13)12-6-10(14)8-15-11-4-2-3-5-11/h9-14H,2-8H2,1H3. The molecule has 2 atom stereocenters. The van der Waals surface area contributed by atoms with Gasteiger partial charge >= 0.3 is 0 Å². The van der Waals surface area contributed by atoms with Crippen molar-refractivity contribution in [3.05, 3.63) is 0 Å². The Morgan fingerprint density at radius 3 is 2.67 bits per heavy atom. The number of aliphatic hydroxyl groups excluding tert-OH is 2. The van der Waals surface area contributed by atoms with Crippen LogP contribution in [-0.2, 0) is 4.74 Å². The molecule has 0 aromatic heterocycles. The van der Waals surface area contributed by atoms with Crippen LogP contribution < -0.4 is 5.32 Å². The van der Waals surface area contributed by atoms with Gasteiger partial charge in [0.1, 0.15) is 0 Å². The molecule has 0 saturated heterocycles. The average Bonchev–Trinajstić information content (AvgIpc) is 2.75. The Hall–Kier alpha value is -0.160. The van der Waals surface area contributed by atoms with Gasteiger partial charge in [-0.15, -0.1) is 0 Å². The van der Waals surface area contributed by atoms with Gasteiger partial charge in [0.15, 0.2) is 0 Å². The van der Waals surface area contributed by atoms with Crippen molar-refractivity contribution in [3.63, 3.8) is 0 Å². The van der Waals surface area contributed by atoms with Crippen LogP contribution in [0.1, 0.15) is 32.6 Å². The molecule has 1 aliphatic carbocycles. The summed E-state index contributed by atoms with van der Waals surface area (Å²) in [4.78, 5) is 0. The van der Waals surface area contributed by atoms with E-state index in [9.17, 15) is 5.11 Å². The lowest BCUT2D eigenvalue weighted by Gasteiger charge is -2.17. The highest BCUT2D eigenvalue weighted by Gasteiger charge is 2.16. The van der Waals surface area contributed by atoms with Crippen LogP contribution in [0.3, 0.4) is 0 Å². The zero-order valence-electron chi connectivity index (χ0n) is 9.48. The first-order valence-corrected chi connectivity index (χ1v) is 5.86. The third-order valence-electron chi connectivity index (χ3n) is 2.80. The highest BCUT2D eigenvalue weighted by molar-refractivity contribution is 4.69. The van der Waals surface area contributed by atoms with Gasteiger partial charge in [-0.2, -0.15) is 0 Å². The van der Waals surface area contributed by atoms with E-state index in [-0.39, 0.29) is 12.6 Å². The van der Waals surface area contributed by atoms with Crippen LogP contribution in [0.2, 0.25) is 0 Å². The number of rotatable bonds is 7. The van der Waals surface area contributed by atoms with E-state index < -0.39 is 6.10 Å². The topological polar surface area (TPSA) is 61.7 Å². The Morgan fingerprint density at radius 2 is 2.07 bits per heavy atom. The van der Waals surface area contributed by atoms with E-state index in [0.29, 0.717) is 19.3 Å². The summed E-state index contributed by atoms with van der Waals surface area (Å²) in [6.07, 6.45) is 4.65. The summed E-state index contributed by atoms with van der Waals surface area (Å²) in [5.74, 6) is 0. The fraction of sp³-hybridized carbons (Fsp3) is 1.00. The van der Waals surface area contributed by atoms with E-state index in [4.69, 9.17) is 9.84 Å². The van der Waals surface area contributed by atoms with Gasteiger partial charge in [-0.25, -0.2) is 0 Å². The molecule has 3 N–H and O–H groups in total. The summed E-state index contributed by atoms with van der Waals surface area (Å²) in [6, 6.07) is 0.0335. The molecule has 4 heteroatoms. The molecule has 90 valence electrons. The van der Waals surface area contributed by atoms with Gasteiger partial charge in [0.2, 0.25) is 0 Å². The van der Waals surface area contributed by atoms with Crippen molar-refractivity contribution in [3.8, 4) is 0 Å². The maximum Gasteiger partial charge on any atom is 0.0897 e. The highest BCUT2D eigenvalue weighted by atomic mass is 16.5. The van der Waals surface area contributed by atoms with E-state index in [0.717, 1.165) is 12.8 Å². The van der Waals surface area contributed by atoms with Gasteiger partial charge in [-0.3, -0.25) is 0 Å². The number of hydrogen-bond acceptors (Lipinski definition) is 4. The van der Waals surface area contributed by atoms with Crippen molar-refractivity contribution >= 4 is 0 Å². The summed E-state index contributed by atoms with van der Waals surface area (Å²) in [5.41, 5.74) is 0. The van der Waals surface area contributed by atoms with Crippen LogP contribution in [0.5, 0.6) is 0 Å². The van der Waals surface area contributed by atoms with Gasteiger partial charge in [0.05, 0.1) is 25.4 Å². The van der Waals surface area contributed by atoms with Gasteiger partial charge in [-0.05, 0) is 19.8 Å². The maximum absolute atomic E-state index is 9.58. The number of nitrogens with one attached hydrogen (secondary N) is 1. The SMILES string of the molecule is CC(CO)NCC(O)COC1CCCC1. The summed E-state index contributed by atoms with van der Waals surface area (Å²) in [6.45, 7) is 2.85. The van der Waals surface area contributed by atoms with Gasteiger partial charge in [0, 0.05) is 12.6 Å². The first kappa shape index (κ1) is 12.9. The second-order valence-corrected chi connectivity index (χ2v) is 4.39. The van der Waals surface area contributed by atoms with E-state index in [1.807, 2.05) is 6.92 Å². The first-order chi connectivity index (χ1) is 7.22. The van der Waals surface area contributed by atoms with Crippen LogP contribution in [0.15, 0.2) is 0 Å². The Morgan fingerprint density at radius 1 is 1.40 bits per heavy atom. The molecule has 1 rings (SSSR count). The van der Waals surface area contributed by atoms with Crippen LogP contribution in [0, 0.1) is 0 Å². The summed E-state index contributed by atoms with van der Waals surface area (Å²) in [7, 11) is 0. The number of hydrogen-bond donors (Lipinski definition) is 3. The predicted octanol–water partition coefficient (Wildman–Crippen LogP) is 0.277. The van der Waals surface area contributed by atoms with Crippen molar-refractivity contribution < 1.29 is 14.9 Å². The van der Waals surface area contributed by atoms with Gasteiger partial charge in [0.25, 0.3) is 0 Å². The Kier molecular flexibility index (Phi) is 6.17. The minimum atomic E-state index is -0.473. The zero-order chi connectivity index (χ0) is 11.1. The molecule has 1 aliphatic rings. The predicted molar refractivity (Wildman–Crippen MR) is 58.8 cm³/mol. The lowest BCUT2D eigenvalue weighted by Crippen LogP contribution is -2.38. The Bertz CT molecular complexity index is 160. The third kappa shape index (κ3) is 5.47. The van der Waals surface area contributed by atoms with Crippen molar-refractivity contribution in [2.24, 2.45) is 0 Å². The summed E-state index contributed by atoms with van der Waals surface area (Å²) in [5, 5.41) is 21.4. The molecule has 0 aromatic rings. The van der Waals surface area contributed by atoms with Gasteiger partial charge in [-0.1, -0.05) is 12.8 Å². The third-order valence-corrected chi connectivity index (χ3v) is 2.80. The van der Waals surface area contributed by atoms with E-state index in [2.05, 4.69) is 5.32 Å². The molecule has 0 amide bonds. The normalized spacial score (nSPS) is 21.8. The largest absolute Gasteiger partial charge is 0.395 e. The van der Waals surface area contributed by atoms with E-state index >= 15 is 0 Å². The molecule has 0 radical (unpaired) electrons. The maximum atomic E-state index is 9.58. The zero-order valence-corrected chi connectivity index (χ0v) is 9.48. The summed E-state index contributed by atoms with van der Waals surface area (Å²) < 4.78 is 5.58. The monoisotopic (exact) mass is 217 g/mol.